The lowest BCUT2D eigenvalue weighted by Gasteiger charge is -1.99. The van der Waals surface area contributed by atoms with Crippen LogP contribution in [0.1, 0.15) is 13.8 Å². The van der Waals surface area contributed by atoms with Gasteiger partial charge in [-0.05, 0) is 13.8 Å². The van der Waals surface area contributed by atoms with Gasteiger partial charge in [0.1, 0.15) is 5.25 Å². The van der Waals surface area contributed by atoms with E-state index in [0.717, 1.165) is 0 Å². The van der Waals surface area contributed by atoms with Crippen molar-refractivity contribution in [1.29, 1.82) is 5.26 Å². The van der Waals surface area contributed by atoms with Crippen LogP contribution in [0.4, 0.5) is 0 Å². The molecule has 2 nitrogen and oxygen atoms in total. The van der Waals surface area contributed by atoms with Crippen molar-refractivity contribution in [2.75, 3.05) is 0 Å². The Bertz CT molecular complexity index is 186. The Balaban J connectivity index is 3.66. The van der Waals surface area contributed by atoms with E-state index in [2.05, 4.69) is 29.2 Å². The molecule has 2 atom stereocenters. The highest BCUT2D eigenvalue weighted by atomic mass is 32.2. The lowest BCUT2D eigenvalue weighted by atomic mass is 10.5. The maximum atomic E-state index is 8.40. The van der Waals surface area contributed by atoms with Crippen LogP contribution in [0.5, 0.6) is 0 Å². The van der Waals surface area contributed by atoms with E-state index in [-0.39, 0.29) is 10.5 Å². The summed E-state index contributed by atoms with van der Waals surface area (Å²) in [6, 6.07) is 4.76. The Hall–Kier alpha value is -0.450. The second kappa shape index (κ2) is 5.34. The lowest BCUT2D eigenvalue weighted by molar-refractivity contribution is 1.20. The van der Waals surface area contributed by atoms with Crippen molar-refractivity contribution < 1.29 is 0 Å². The number of nitrogens with zero attached hydrogens (tertiary/aromatic N) is 2. The molecule has 0 aromatic carbocycles. The van der Waals surface area contributed by atoms with E-state index in [1.54, 1.807) is 0 Å². The number of rotatable bonds is 2. The standard InChI is InChI=1S/C6H8N2S2/c1-5(3-7)10-6(2)4-8-9/h5-6H,1-2H3. The van der Waals surface area contributed by atoms with Gasteiger partial charge in [-0.2, -0.15) is 9.51 Å². The topological polar surface area (TPSA) is 28.1 Å². The Labute approximate surface area is 71.0 Å². The molecule has 10 heavy (non-hydrogen) atoms. The highest BCUT2D eigenvalue weighted by Crippen LogP contribution is 2.15. The average molecular weight is 172 g/mol. The summed E-state index contributed by atoms with van der Waals surface area (Å²) in [5, 5.41) is 8.50. The van der Waals surface area contributed by atoms with Crippen LogP contribution < -0.4 is 0 Å². The van der Waals surface area contributed by atoms with Crippen LogP contribution in [0.25, 0.3) is 4.25 Å². The predicted molar refractivity (Wildman–Crippen MR) is 46.7 cm³/mol. The van der Waals surface area contributed by atoms with E-state index in [9.17, 15) is 0 Å². The van der Waals surface area contributed by atoms with Crippen molar-refractivity contribution in [3.8, 4) is 12.1 Å². The predicted octanol–water partition coefficient (Wildman–Crippen LogP) is 1.81. The number of hydrogen-bond donors (Lipinski definition) is 0. The molecule has 0 N–H and O–H groups in total. The largest absolute Gasteiger partial charge is 0.267 e. The zero-order valence-corrected chi connectivity index (χ0v) is 7.50. The highest BCUT2D eigenvalue weighted by molar-refractivity contribution is 8.00. The van der Waals surface area contributed by atoms with Gasteiger partial charge in [-0.3, -0.25) is 12.8 Å². The van der Waals surface area contributed by atoms with Crippen molar-refractivity contribution in [2.45, 2.75) is 24.3 Å². The quantitative estimate of drug-likeness (QED) is 0.595. The monoisotopic (exact) mass is 172 g/mol. The highest BCUT2D eigenvalue weighted by Gasteiger charge is 2.08. The van der Waals surface area contributed by atoms with Crippen molar-refractivity contribution >= 4 is 24.6 Å². The number of hydrogen-bond acceptors (Lipinski definition) is 3. The van der Waals surface area contributed by atoms with E-state index in [1.807, 2.05) is 13.8 Å². The van der Waals surface area contributed by atoms with Gasteiger partial charge < -0.3 is 0 Å². The summed E-state index contributed by atoms with van der Waals surface area (Å²) in [5.41, 5.74) is 0. The van der Waals surface area contributed by atoms with Gasteiger partial charge in [-0.25, -0.2) is 0 Å². The molecular formula is C6H8N2S2. The maximum Gasteiger partial charge on any atom is 0.267 e. The fraction of sp³-hybridized carbons (Fsp3) is 0.667. The van der Waals surface area contributed by atoms with Gasteiger partial charge in [0.25, 0.3) is 6.07 Å². The first kappa shape index (κ1) is 9.55. The minimum absolute atomic E-state index is 0.0146. The Morgan fingerprint density at radius 3 is 2.50 bits per heavy atom. The maximum absolute atomic E-state index is 8.40. The van der Waals surface area contributed by atoms with Gasteiger partial charge in [-0.15, -0.1) is 11.8 Å². The van der Waals surface area contributed by atoms with Crippen molar-refractivity contribution in [2.24, 2.45) is 0 Å². The van der Waals surface area contributed by atoms with Crippen molar-refractivity contribution in [1.82, 2.24) is 0 Å². The summed E-state index contributed by atoms with van der Waals surface area (Å²) in [6.45, 7) is 3.75. The first-order valence-corrected chi connectivity index (χ1v) is 4.14. The molecule has 0 bridgehead atoms. The summed E-state index contributed by atoms with van der Waals surface area (Å²) in [4.78, 5) is 0. The molecule has 0 aliphatic carbocycles. The van der Waals surface area contributed by atoms with Gasteiger partial charge in [0.15, 0.2) is 0 Å². The zero-order chi connectivity index (χ0) is 7.98. The summed E-state index contributed by atoms with van der Waals surface area (Å²) in [7, 11) is 0. The first-order chi connectivity index (χ1) is 4.70. The Kier molecular flexibility index (Phi) is 5.10. The molecule has 0 aromatic heterocycles. The molecule has 0 radical (unpaired) electrons. The summed E-state index contributed by atoms with van der Waals surface area (Å²) < 4.78 is 3.33. The van der Waals surface area contributed by atoms with Crippen molar-refractivity contribution in [3.05, 3.63) is 4.25 Å². The van der Waals surface area contributed by atoms with Gasteiger partial charge in [0.05, 0.1) is 11.3 Å². The second-order valence-electron chi connectivity index (χ2n) is 1.77. The molecule has 4 heteroatoms. The molecule has 0 saturated heterocycles. The van der Waals surface area contributed by atoms with Crippen LogP contribution in [0, 0.1) is 17.4 Å². The van der Waals surface area contributed by atoms with Crippen LogP contribution in [0.3, 0.4) is 0 Å². The van der Waals surface area contributed by atoms with E-state index in [1.165, 1.54) is 11.8 Å². The normalized spacial score (nSPS) is 14.1. The van der Waals surface area contributed by atoms with Gasteiger partial charge in [-0.1, -0.05) is 0 Å². The molecule has 0 saturated carbocycles. The molecule has 0 spiro atoms. The zero-order valence-electron chi connectivity index (χ0n) is 5.87. The van der Waals surface area contributed by atoms with Crippen LogP contribution >= 0.6 is 11.8 Å². The molecule has 0 heterocycles. The van der Waals surface area contributed by atoms with Crippen molar-refractivity contribution in [3.63, 3.8) is 0 Å². The van der Waals surface area contributed by atoms with E-state index in [0.29, 0.717) is 0 Å². The Morgan fingerprint density at radius 1 is 1.50 bits per heavy atom. The molecule has 54 valence electrons. The van der Waals surface area contributed by atoms with Gasteiger partial charge in [0.2, 0.25) is 0 Å². The summed E-state index contributed by atoms with van der Waals surface area (Å²) in [5.74, 6) is 0. The van der Waals surface area contributed by atoms with E-state index >= 15 is 0 Å². The minimum Gasteiger partial charge on any atom is -0.264 e. The first-order valence-electron chi connectivity index (χ1n) is 2.83. The van der Waals surface area contributed by atoms with E-state index < -0.39 is 0 Å². The molecule has 0 amide bonds. The van der Waals surface area contributed by atoms with Crippen LogP contribution in [0.15, 0.2) is 0 Å². The number of thioether (sulfide) groups is 1. The summed E-state index contributed by atoms with van der Waals surface area (Å²) >= 11 is 5.83. The van der Waals surface area contributed by atoms with Gasteiger partial charge >= 0.3 is 0 Å². The molecule has 0 aliphatic rings. The lowest BCUT2D eigenvalue weighted by Crippen LogP contribution is -1.99. The molecular weight excluding hydrogens is 164 g/mol. The number of nitriles is 1. The second-order valence-corrected chi connectivity index (χ2v) is 3.64. The Morgan fingerprint density at radius 2 is 2.10 bits per heavy atom. The average Bonchev–Trinajstić information content (AvgIpc) is 1.88. The molecule has 0 aliphatic heterocycles. The SMILES string of the molecule is CC(C#N)SC(C)C#[N+][S-]. The van der Waals surface area contributed by atoms with E-state index in [4.69, 9.17) is 5.26 Å². The fourth-order valence-corrected chi connectivity index (χ4v) is 1.45. The third-order valence-corrected chi connectivity index (χ3v) is 1.96. The van der Waals surface area contributed by atoms with Crippen LogP contribution in [-0.4, -0.2) is 10.5 Å². The molecule has 0 aromatic rings. The smallest absolute Gasteiger partial charge is 0.264 e. The molecule has 0 fully saturated rings. The molecule has 0 rings (SSSR count). The third-order valence-electron chi connectivity index (χ3n) is 0.825. The van der Waals surface area contributed by atoms with Crippen LogP contribution in [0.2, 0.25) is 0 Å². The fourth-order valence-electron chi connectivity index (χ4n) is 0.441. The minimum atomic E-state index is -0.0146. The summed E-state index contributed by atoms with van der Waals surface area (Å²) in [6.07, 6.45) is 0. The molecule has 2 unspecified atom stereocenters. The van der Waals surface area contributed by atoms with Crippen LogP contribution in [-0.2, 0) is 12.8 Å². The third kappa shape index (κ3) is 4.43. The van der Waals surface area contributed by atoms with Gasteiger partial charge in [0, 0.05) is 0 Å².